The summed E-state index contributed by atoms with van der Waals surface area (Å²) < 4.78 is 0. The van der Waals surface area contributed by atoms with Crippen molar-refractivity contribution in [2.45, 2.75) is 6.42 Å². The van der Waals surface area contributed by atoms with Gasteiger partial charge in [-0.25, -0.2) is 0 Å². The molecular weight excluding hydrogens is 144 g/mol. The van der Waals surface area contributed by atoms with Crippen LogP contribution in [-0.4, -0.2) is 29.8 Å². The molecule has 2 atom stereocenters. The lowest BCUT2D eigenvalue weighted by Gasteiger charge is -2.10. The van der Waals surface area contributed by atoms with E-state index in [9.17, 15) is 4.91 Å². The first kappa shape index (κ1) is 7.03. The average Bonchev–Trinajstić information content (AvgIpc) is 2.48. The van der Waals surface area contributed by atoms with Crippen molar-refractivity contribution in [3.8, 4) is 0 Å². The number of fused-ring (bicyclic) bond motifs is 1. The minimum atomic E-state index is 0.284. The van der Waals surface area contributed by atoms with E-state index in [4.69, 9.17) is 5.11 Å². The van der Waals surface area contributed by atoms with Crippen molar-refractivity contribution in [2.75, 3.05) is 19.7 Å². The molecule has 0 radical (unpaired) electrons. The van der Waals surface area contributed by atoms with E-state index in [2.05, 4.69) is 5.29 Å². The van der Waals surface area contributed by atoms with Crippen LogP contribution in [0.5, 0.6) is 0 Å². The van der Waals surface area contributed by atoms with Crippen LogP contribution in [0.3, 0.4) is 0 Å². The standard InChI is InChI=1S/C7H12N2O2/c10-2-1-5-6-3-9(8-11)4-7(5)6/h5-7,10H,1-4H2. The van der Waals surface area contributed by atoms with Gasteiger partial charge in [0.15, 0.2) is 0 Å². The summed E-state index contributed by atoms with van der Waals surface area (Å²) >= 11 is 0. The second-order valence-electron chi connectivity index (χ2n) is 3.46. The van der Waals surface area contributed by atoms with E-state index in [-0.39, 0.29) is 6.61 Å². The molecule has 0 spiro atoms. The summed E-state index contributed by atoms with van der Waals surface area (Å²) in [7, 11) is 0. The van der Waals surface area contributed by atoms with Crippen molar-refractivity contribution >= 4 is 0 Å². The second kappa shape index (κ2) is 2.44. The van der Waals surface area contributed by atoms with Crippen molar-refractivity contribution < 1.29 is 5.11 Å². The fourth-order valence-electron chi connectivity index (χ4n) is 2.27. The maximum absolute atomic E-state index is 10.1. The monoisotopic (exact) mass is 156 g/mol. The van der Waals surface area contributed by atoms with Crippen LogP contribution >= 0.6 is 0 Å². The molecule has 1 aliphatic carbocycles. The van der Waals surface area contributed by atoms with Crippen LogP contribution in [0.2, 0.25) is 0 Å². The van der Waals surface area contributed by atoms with E-state index in [0.717, 1.165) is 19.5 Å². The van der Waals surface area contributed by atoms with Gasteiger partial charge in [0.1, 0.15) is 0 Å². The van der Waals surface area contributed by atoms with Gasteiger partial charge >= 0.3 is 0 Å². The Kier molecular flexibility index (Phi) is 1.56. The first-order valence-electron chi connectivity index (χ1n) is 4.06. The van der Waals surface area contributed by atoms with E-state index in [1.165, 1.54) is 0 Å². The topological polar surface area (TPSA) is 52.9 Å². The van der Waals surface area contributed by atoms with Crippen molar-refractivity contribution in [1.29, 1.82) is 0 Å². The molecule has 0 aromatic carbocycles. The quantitative estimate of drug-likeness (QED) is 0.595. The Labute approximate surface area is 65.1 Å². The zero-order valence-electron chi connectivity index (χ0n) is 6.31. The minimum Gasteiger partial charge on any atom is -0.396 e. The Morgan fingerprint density at radius 1 is 1.45 bits per heavy atom. The van der Waals surface area contributed by atoms with E-state index in [1.807, 2.05) is 0 Å². The predicted molar refractivity (Wildman–Crippen MR) is 39.5 cm³/mol. The molecule has 4 nitrogen and oxygen atoms in total. The van der Waals surface area contributed by atoms with Crippen LogP contribution < -0.4 is 0 Å². The molecule has 0 amide bonds. The summed E-state index contributed by atoms with van der Waals surface area (Å²) in [5.41, 5.74) is 0. The molecule has 2 rings (SSSR count). The number of piperidine rings is 1. The van der Waals surface area contributed by atoms with Gasteiger partial charge in [-0.3, -0.25) is 5.01 Å². The van der Waals surface area contributed by atoms with Gasteiger partial charge in [-0.15, -0.1) is 4.91 Å². The molecule has 2 fully saturated rings. The largest absolute Gasteiger partial charge is 0.396 e. The third-order valence-electron chi connectivity index (χ3n) is 2.93. The number of aliphatic hydroxyl groups is 1. The highest BCUT2D eigenvalue weighted by Crippen LogP contribution is 2.53. The van der Waals surface area contributed by atoms with Crippen molar-refractivity contribution in [1.82, 2.24) is 5.01 Å². The molecule has 11 heavy (non-hydrogen) atoms. The number of nitrogens with zero attached hydrogens (tertiary/aromatic N) is 2. The molecule has 2 aliphatic rings. The molecular formula is C7H12N2O2. The normalized spacial score (nSPS) is 40.5. The zero-order valence-corrected chi connectivity index (χ0v) is 6.31. The van der Waals surface area contributed by atoms with Crippen LogP contribution in [0, 0.1) is 22.7 Å². The molecule has 1 N–H and O–H groups in total. The minimum absolute atomic E-state index is 0.284. The highest BCUT2D eigenvalue weighted by molar-refractivity contribution is 5.03. The van der Waals surface area contributed by atoms with Crippen molar-refractivity contribution in [3.05, 3.63) is 4.91 Å². The van der Waals surface area contributed by atoms with Gasteiger partial charge in [-0.2, -0.15) is 0 Å². The van der Waals surface area contributed by atoms with Gasteiger partial charge in [0.25, 0.3) is 0 Å². The SMILES string of the molecule is O=NN1CC2C(CCO)C2C1. The molecule has 1 saturated carbocycles. The third-order valence-corrected chi connectivity index (χ3v) is 2.93. The molecule has 1 aliphatic heterocycles. The Hall–Kier alpha value is -0.640. The third kappa shape index (κ3) is 1.01. The first-order valence-corrected chi connectivity index (χ1v) is 4.06. The molecule has 0 aromatic rings. The highest BCUT2D eigenvalue weighted by Gasteiger charge is 2.55. The number of rotatable bonds is 3. The Balaban J connectivity index is 1.81. The first-order chi connectivity index (χ1) is 5.36. The van der Waals surface area contributed by atoms with E-state index < -0.39 is 0 Å². The Morgan fingerprint density at radius 2 is 2.09 bits per heavy atom. The van der Waals surface area contributed by atoms with Gasteiger partial charge in [0.05, 0.1) is 5.29 Å². The van der Waals surface area contributed by atoms with Gasteiger partial charge < -0.3 is 5.11 Å². The number of hydrogen-bond acceptors (Lipinski definition) is 3. The number of aliphatic hydroxyl groups excluding tert-OH is 1. The van der Waals surface area contributed by atoms with Gasteiger partial charge in [-0.1, -0.05) is 0 Å². The lowest BCUT2D eigenvalue weighted by molar-refractivity contribution is 0.247. The van der Waals surface area contributed by atoms with Gasteiger partial charge in [0.2, 0.25) is 0 Å². The fourth-order valence-corrected chi connectivity index (χ4v) is 2.27. The summed E-state index contributed by atoms with van der Waals surface area (Å²) in [6.07, 6.45) is 0.905. The number of nitroso groups, excluding NO2 is 1. The zero-order chi connectivity index (χ0) is 7.84. The van der Waals surface area contributed by atoms with Crippen molar-refractivity contribution in [2.24, 2.45) is 23.0 Å². The smallest absolute Gasteiger partial charge is 0.0524 e. The predicted octanol–water partition coefficient (Wildman–Crippen LogP) is 0.228. The van der Waals surface area contributed by atoms with Crippen LogP contribution in [0.15, 0.2) is 5.29 Å². The molecule has 0 aromatic heterocycles. The summed E-state index contributed by atoms with van der Waals surface area (Å²) in [5.74, 6) is 1.98. The summed E-state index contributed by atoms with van der Waals surface area (Å²) in [6.45, 7) is 1.92. The van der Waals surface area contributed by atoms with Crippen LogP contribution in [0.1, 0.15) is 6.42 Å². The van der Waals surface area contributed by atoms with Gasteiger partial charge in [0, 0.05) is 19.7 Å². The molecule has 0 bridgehead atoms. The second-order valence-corrected chi connectivity index (χ2v) is 3.46. The van der Waals surface area contributed by atoms with Crippen LogP contribution in [0.25, 0.3) is 0 Å². The van der Waals surface area contributed by atoms with E-state index in [1.54, 1.807) is 5.01 Å². The lowest BCUT2D eigenvalue weighted by atomic mass is 10.2. The average molecular weight is 156 g/mol. The molecule has 1 heterocycles. The molecule has 62 valence electrons. The Morgan fingerprint density at radius 3 is 2.55 bits per heavy atom. The summed E-state index contributed by atoms with van der Waals surface area (Å²) in [5, 5.41) is 13.1. The highest BCUT2D eigenvalue weighted by atomic mass is 16.3. The fraction of sp³-hybridized carbons (Fsp3) is 1.00. The summed E-state index contributed by atoms with van der Waals surface area (Å²) in [6, 6.07) is 0. The van der Waals surface area contributed by atoms with Gasteiger partial charge in [-0.05, 0) is 24.2 Å². The van der Waals surface area contributed by atoms with Crippen molar-refractivity contribution in [3.63, 3.8) is 0 Å². The molecule has 4 heteroatoms. The molecule has 1 saturated heterocycles. The van der Waals surface area contributed by atoms with Crippen LogP contribution in [0.4, 0.5) is 0 Å². The van der Waals surface area contributed by atoms with E-state index in [0.29, 0.717) is 17.8 Å². The number of hydrogen-bond donors (Lipinski definition) is 1. The lowest BCUT2D eigenvalue weighted by Crippen LogP contribution is -2.17. The van der Waals surface area contributed by atoms with E-state index >= 15 is 0 Å². The molecule has 2 unspecified atom stereocenters. The van der Waals surface area contributed by atoms with Crippen LogP contribution in [-0.2, 0) is 0 Å². The Bertz CT molecular complexity index is 162. The maximum atomic E-state index is 10.1. The summed E-state index contributed by atoms with van der Waals surface area (Å²) in [4.78, 5) is 10.1. The maximum Gasteiger partial charge on any atom is 0.0524 e.